The van der Waals surface area contributed by atoms with Crippen LogP contribution in [0.5, 0.6) is 11.5 Å². The van der Waals surface area contributed by atoms with Gasteiger partial charge in [0, 0.05) is 25.2 Å². The van der Waals surface area contributed by atoms with Crippen LogP contribution in [-0.4, -0.2) is 66.0 Å². The van der Waals surface area contributed by atoms with Gasteiger partial charge in [0.15, 0.2) is 0 Å². The molecular formula is C17H20N2O5S. The molecule has 3 rings (SSSR count). The summed E-state index contributed by atoms with van der Waals surface area (Å²) in [4.78, 5) is 39.5. The number of ether oxygens (including phenoxy) is 2. The highest BCUT2D eigenvalue weighted by atomic mass is 32.2. The van der Waals surface area contributed by atoms with Crippen molar-refractivity contribution in [2.45, 2.75) is 18.9 Å². The molecule has 0 bridgehead atoms. The third-order valence-electron chi connectivity index (χ3n) is 4.54. The minimum absolute atomic E-state index is 0.114. The fourth-order valence-electron chi connectivity index (χ4n) is 3.19. The summed E-state index contributed by atoms with van der Waals surface area (Å²) in [6.45, 7) is 1.00. The molecule has 0 N–H and O–H groups in total. The molecule has 7 nitrogen and oxygen atoms in total. The van der Waals surface area contributed by atoms with Gasteiger partial charge < -0.3 is 14.4 Å². The molecule has 0 saturated carbocycles. The van der Waals surface area contributed by atoms with Crippen molar-refractivity contribution in [3.63, 3.8) is 0 Å². The first-order valence-electron chi connectivity index (χ1n) is 8.05. The van der Waals surface area contributed by atoms with Crippen molar-refractivity contribution in [1.82, 2.24) is 9.80 Å². The number of likely N-dealkylation sites (tertiary alicyclic amines) is 1. The average Bonchev–Trinajstić information content (AvgIpc) is 2.99. The Morgan fingerprint density at radius 1 is 1.16 bits per heavy atom. The summed E-state index contributed by atoms with van der Waals surface area (Å²) in [7, 11) is 3.07. The van der Waals surface area contributed by atoms with Crippen LogP contribution in [0.2, 0.25) is 0 Å². The van der Waals surface area contributed by atoms with E-state index in [9.17, 15) is 14.4 Å². The molecule has 134 valence electrons. The Balaban J connectivity index is 1.68. The number of carbonyl (C=O) groups excluding carboxylic acids is 3. The number of thioether (sulfide) groups is 1. The van der Waals surface area contributed by atoms with E-state index in [1.165, 1.54) is 12.0 Å². The van der Waals surface area contributed by atoms with E-state index in [0.717, 1.165) is 11.8 Å². The van der Waals surface area contributed by atoms with E-state index in [2.05, 4.69) is 0 Å². The Kier molecular flexibility index (Phi) is 5.17. The number of hydrogen-bond acceptors (Lipinski definition) is 6. The molecule has 1 aromatic rings. The fraction of sp³-hybridized carbons (Fsp3) is 0.471. The third kappa shape index (κ3) is 3.44. The van der Waals surface area contributed by atoms with Crippen molar-refractivity contribution in [3.05, 3.63) is 23.8 Å². The number of rotatable bonds is 4. The number of hydrogen-bond donors (Lipinski definition) is 0. The van der Waals surface area contributed by atoms with Crippen LogP contribution in [0, 0.1) is 0 Å². The Labute approximate surface area is 150 Å². The lowest BCUT2D eigenvalue weighted by molar-refractivity contribution is -0.126. The van der Waals surface area contributed by atoms with Gasteiger partial charge in [-0.05, 0) is 25.0 Å². The number of methoxy groups -OCH3 is 2. The molecule has 2 saturated heterocycles. The van der Waals surface area contributed by atoms with E-state index in [-0.39, 0.29) is 28.8 Å². The molecule has 0 spiro atoms. The molecule has 0 radical (unpaired) electrons. The number of nitrogens with zero attached hydrogens (tertiary/aromatic N) is 2. The van der Waals surface area contributed by atoms with Crippen molar-refractivity contribution < 1.29 is 23.9 Å². The summed E-state index contributed by atoms with van der Waals surface area (Å²) in [5.41, 5.74) is 0.477. The van der Waals surface area contributed by atoms with Gasteiger partial charge in [0.05, 0.1) is 25.5 Å². The first kappa shape index (κ1) is 17.6. The van der Waals surface area contributed by atoms with Gasteiger partial charge in [-0.3, -0.25) is 19.3 Å². The maximum Gasteiger partial charge on any atom is 0.289 e. The second kappa shape index (κ2) is 7.35. The SMILES string of the molecule is COc1ccc(C(=O)N2CCC(N3C(=O)CSC3=O)CC2)c(OC)c1. The second-order valence-electron chi connectivity index (χ2n) is 5.91. The lowest BCUT2D eigenvalue weighted by Crippen LogP contribution is -2.48. The highest BCUT2D eigenvalue weighted by Gasteiger charge is 2.38. The molecular weight excluding hydrogens is 344 g/mol. The Hall–Kier alpha value is -2.22. The zero-order valence-corrected chi connectivity index (χ0v) is 15.0. The summed E-state index contributed by atoms with van der Waals surface area (Å²) in [5, 5.41) is -0.174. The summed E-state index contributed by atoms with van der Waals surface area (Å²) in [6, 6.07) is 4.98. The molecule has 2 aliphatic heterocycles. The molecule has 0 aliphatic carbocycles. The van der Waals surface area contributed by atoms with E-state index in [4.69, 9.17) is 9.47 Å². The fourth-order valence-corrected chi connectivity index (χ4v) is 3.97. The summed E-state index contributed by atoms with van der Waals surface area (Å²) in [5.74, 6) is 1.06. The smallest absolute Gasteiger partial charge is 0.289 e. The monoisotopic (exact) mass is 364 g/mol. The Bertz CT molecular complexity index is 684. The van der Waals surface area contributed by atoms with Gasteiger partial charge in [-0.1, -0.05) is 11.8 Å². The largest absolute Gasteiger partial charge is 0.497 e. The number of amides is 3. The minimum Gasteiger partial charge on any atom is -0.497 e. The van der Waals surface area contributed by atoms with E-state index in [1.807, 2.05) is 0 Å². The van der Waals surface area contributed by atoms with Crippen molar-refractivity contribution in [2.24, 2.45) is 0 Å². The van der Waals surface area contributed by atoms with Gasteiger partial charge in [-0.2, -0.15) is 0 Å². The van der Waals surface area contributed by atoms with Gasteiger partial charge in [-0.25, -0.2) is 0 Å². The number of carbonyl (C=O) groups is 3. The predicted molar refractivity (Wildman–Crippen MR) is 93.2 cm³/mol. The van der Waals surface area contributed by atoms with Gasteiger partial charge in [0.2, 0.25) is 5.91 Å². The van der Waals surface area contributed by atoms with Crippen LogP contribution >= 0.6 is 11.8 Å². The standard InChI is InChI=1S/C17H20N2O5S/c1-23-12-3-4-13(14(9-12)24-2)16(21)18-7-5-11(6-8-18)19-15(20)10-25-17(19)22/h3-4,9,11H,5-8,10H2,1-2H3. The zero-order valence-electron chi connectivity index (χ0n) is 14.2. The lowest BCUT2D eigenvalue weighted by atomic mass is 10.0. The van der Waals surface area contributed by atoms with Crippen LogP contribution in [0.15, 0.2) is 18.2 Å². The predicted octanol–water partition coefficient (Wildman–Crippen LogP) is 2.00. The first-order valence-corrected chi connectivity index (χ1v) is 9.04. The van der Waals surface area contributed by atoms with Crippen LogP contribution in [0.3, 0.4) is 0 Å². The second-order valence-corrected chi connectivity index (χ2v) is 6.83. The maximum atomic E-state index is 12.8. The zero-order chi connectivity index (χ0) is 18.0. The van der Waals surface area contributed by atoms with E-state index >= 15 is 0 Å². The summed E-state index contributed by atoms with van der Waals surface area (Å²) >= 11 is 1.05. The molecule has 3 amide bonds. The normalized spacial score (nSPS) is 18.6. The number of imide groups is 1. The van der Waals surface area contributed by atoms with Crippen LogP contribution in [0.25, 0.3) is 0 Å². The summed E-state index contributed by atoms with van der Waals surface area (Å²) < 4.78 is 10.5. The van der Waals surface area contributed by atoms with Gasteiger partial charge >= 0.3 is 0 Å². The van der Waals surface area contributed by atoms with Crippen molar-refractivity contribution in [3.8, 4) is 11.5 Å². The van der Waals surface area contributed by atoms with Crippen LogP contribution < -0.4 is 9.47 Å². The van der Waals surface area contributed by atoms with Crippen molar-refractivity contribution >= 4 is 28.8 Å². The highest BCUT2D eigenvalue weighted by Crippen LogP contribution is 2.29. The first-order chi connectivity index (χ1) is 12.0. The van der Waals surface area contributed by atoms with Crippen LogP contribution in [0.1, 0.15) is 23.2 Å². The quantitative estimate of drug-likeness (QED) is 0.813. The molecule has 0 atom stereocenters. The Morgan fingerprint density at radius 2 is 1.88 bits per heavy atom. The molecule has 8 heteroatoms. The molecule has 2 aliphatic rings. The van der Waals surface area contributed by atoms with E-state index in [1.54, 1.807) is 30.2 Å². The third-order valence-corrected chi connectivity index (χ3v) is 5.38. The molecule has 2 heterocycles. The van der Waals surface area contributed by atoms with Gasteiger partial charge in [0.25, 0.3) is 11.1 Å². The maximum absolute atomic E-state index is 12.8. The molecule has 2 fully saturated rings. The number of piperidine rings is 1. The van der Waals surface area contributed by atoms with Crippen LogP contribution in [-0.2, 0) is 4.79 Å². The lowest BCUT2D eigenvalue weighted by Gasteiger charge is -2.35. The molecule has 1 aromatic carbocycles. The topological polar surface area (TPSA) is 76.2 Å². The average molecular weight is 364 g/mol. The molecule has 0 aromatic heterocycles. The van der Waals surface area contributed by atoms with Crippen molar-refractivity contribution in [2.75, 3.05) is 33.1 Å². The molecule has 25 heavy (non-hydrogen) atoms. The summed E-state index contributed by atoms with van der Waals surface area (Å²) in [6.07, 6.45) is 1.20. The van der Waals surface area contributed by atoms with Crippen LogP contribution in [0.4, 0.5) is 4.79 Å². The highest BCUT2D eigenvalue weighted by molar-refractivity contribution is 8.14. The van der Waals surface area contributed by atoms with Gasteiger partial charge in [-0.15, -0.1) is 0 Å². The number of benzene rings is 1. The van der Waals surface area contributed by atoms with E-state index < -0.39 is 0 Å². The minimum atomic E-state index is -0.174. The van der Waals surface area contributed by atoms with Crippen molar-refractivity contribution in [1.29, 1.82) is 0 Å². The van der Waals surface area contributed by atoms with E-state index in [0.29, 0.717) is 43.0 Å². The van der Waals surface area contributed by atoms with Gasteiger partial charge in [0.1, 0.15) is 11.5 Å². The Morgan fingerprint density at radius 3 is 2.44 bits per heavy atom. The molecule has 0 unspecified atom stereocenters.